The van der Waals surface area contributed by atoms with Gasteiger partial charge in [-0.05, 0) is 9.91 Å². The van der Waals surface area contributed by atoms with Gasteiger partial charge in [0.05, 0.1) is 18.6 Å². The second-order valence-electron chi connectivity index (χ2n) is 2.74. The summed E-state index contributed by atoms with van der Waals surface area (Å²) in [5, 5.41) is 10.5. The molecule has 88 valence electrons. The van der Waals surface area contributed by atoms with Crippen LogP contribution in [0, 0.1) is 10.1 Å². The zero-order valence-corrected chi connectivity index (χ0v) is 8.87. The zero-order chi connectivity index (χ0) is 12.3. The first-order valence-electron chi connectivity index (χ1n) is 4.07. The Kier molecular flexibility index (Phi) is 3.94. The molecule has 0 spiro atoms. The van der Waals surface area contributed by atoms with Crippen LogP contribution < -0.4 is 4.74 Å². The molecule has 0 saturated carbocycles. The minimum atomic E-state index is -2.89. The monoisotopic (exact) mass is 252 g/mol. The molecule has 16 heavy (non-hydrogen) atoms. The molecule has 0 N–H and O–H groups in total. The van der Waals surface area contributed by atoms with Crippen molar-refractivity contribution in [2.45, 2.75) is 12.3 Å². The lowest BCUT2D eigenvalue weighted by Crippen LogP contribution is -2.03. The number of halogens is 3. The summed E-state index contributed by atoms with van der Waals surface area (Å²) in [4.78, 5) is 13.1. The standard InChI is InChI=1S/C8H7ClF2N2O3/c1-16-7-4(8(10)11)2-6(13(14)15)12-5(7)3-9/h2,8H,3H2,1H3. The summed E-state index contributed by atoms with van der Waals surface area (Å²) in [6.45, 7) is 0. The highest BCUT2D eigenvalue weighted by Crippen LogP contribution is 2.34. The summed E-state index contributed by atoms with van der Waals surface area (Å²) in [5.41, 5.74) is -0.659. The van der Waals surface area contributed by atoms with Crippen LogP contribution >= 0.6 is 11.6 Å². The number of alkyl halides is 3. The highest BCUT2D eigenvalue weighted by Gasteiger charge is 2.25. The molecule has 0 saturated heterocycles. The van der Waals surface area contributed by atoms with Crippen LogP contribution in [-0.4, -0.2) is 17.0 Å². The number of aromatic nitrogens is 1. The van der Waals surface area contributed by atoms with Crippen molar-refractivity contribution in [3.8, 4) is 5.75 Å². The summed E-state index contributed by atoms with van der Waals surface area (Å²) in [6, 6.07) is 0.680. The molecule has 0 amide bonds. The Labute approximate surface area is 94.1 Å². The van der Waals surface area contributed by atoms with Gasteiger partial charge in [-0.3, -0.25) is 0 Å². The van der Waals surface area contributed by atoms with Crippen molar-refractivity contribution in [3.63, 3.8) is 0 Å². The van der Waals surface area contributed by atoms with Crippen molar-refractivity contribution in [2.75, 3.05) is 7.11 Å². The smallest absolute Gasteiger partial charge is 0.364 e. The van der Waals surface area contributed by atoms with E-state index in [1.165, 1.54) is 7.11 Å². The Hall–Kier alpha value is -1.50. The number of pyridine rings is 1. The maximum absolute atomic E-state index is 12.6. The predicted octanol–water partition coefficient (Wildman–Crippen LogP) is 2.67. The molecule has 0 unspecified atom stereocenters. The van der Waals surface area contributed by atoms with E-state index >= 15 is 0 Å². The van der Waals surface area contributed by atoms with E-state index in [1.807, 2.05) is 0 Å². The molecule has 0 aliphatic rings. The van der Waals surface area contributed by atoms with Crippen LogP contribution in [0.25, 0.3) is 0 Å². The molecule has 1 aromatic heterocycles. The Morgan fingerprint density at radius 1 is 1.69 bits per heavy atom. The largest absolute Gasteiger partial charge is 0.492 e. The SMILES string of the molecule is COc1c(C(F)F)cc([N+](=O)[O-])nc1CCl. The second-order valence-corrected chi connectivity index (χ2v) is 3.01. The summed E-state index contributed by atoms with van der Waals surface area (Å²) in [6.07, 6.45) is -2.89. The van der Waals surface area contributed by atoms with Gasteiger partial charge in [0, 0.05) is 6.07 Å². The molecule has 5 nitrogen and oxygen atoms in total. The zero-order valence-electron chi connectivity index (χ0n) is 8.11. The number of hydrogen-bond acceptors (Lipinski definition) is 4. The Morgan fingerprint density at radius 3 is 2.69 bits per heavy atom. The van der Waals surface area contributed by atoms with Gasteiger partial charge in [0.25, 0.3) is 6.43 Å². The Balaban J connectivity index is 3.43. The van der Waals surface area contributed by atoms with E-state index in [2.05, 4.69) is 4.98 Å². The third-order valence-electron chi connectivity index (χ3n) is 1.81. The molecule has 0 bridgehead atoms. The van der Waals surface area contributed by atoms with Crippen LogP contribution in [0.3, 0.4) is 0 Å². The van der Waals surface area contributed by atoms with Crippen LogP contribution in [0.15, 0.2) is 6.07 Å². The summed E-state index contributed by atoms with van der Waals surface area (Å²) < 4.78 is 29.9. The van der Waals surface area contributed by atoms with E-state index in [-0.39, 0.29) is 17.3 Å². The molecule has 0 aromatic carbocycles. The fourth-order valence-electron chi connectivity index (χ4n) is 1.17. The molecule has 0 radical (unpaired) electrons. The number of methoxy groups -OCH3 is 1. The van der Waals surface area contributed by atoms with Crippen LogP contribution in [0.4, 0.5) is 14.6 Å². The molecule has 0 fully saturated rings. The third kappa shape index (κ3) is 2.35. The van der Waals surface area contributed by atoms with Crippen molar-refractivity contribution in [2.24, 2.45) is 0 Å². The third-order valence-corrected chi connectivity index (χ3v) is 2.06. The molecule has 1 rings (SSSR count). The van der Waals surface area contributed by atoms with E-state index in [4.69, 9.17) is 16.3 Å². The molecule has 8 heteroatoms. The molecular formula is C8H7ClF2N2O3. The average molecular weight is 253 g/mol. The lowest BCUT2D eigenvalue weighted by atomic mass is 10.2. The maximum atomic E-state index is 12.6. The van der Waals surface area contributed by atoms with Gasteiger partial charge in [-0.2, -0.15) is 0 Å². The number of ether oxygens (including phenoxy) is 1. The topological polar surface area (TPSA) is 65.3 Å². The molecule has 0 aliphatic carbocycles. The highest BCUT2D eigenvalue weighted by molar-refractivity contribution is 6.17. The molecule has 0 aliphatic heterocycles. The first kappa shape index (κ1) is 12.6. The number of rotatable bonds is 4. The van der Waals surface area contributed by atoms with Gasteiger partial charge in [-0.25, -0.2) is 8.78 Å². The lowest BCUT2D eigenvalue weighted by molar-refractivity contribution is -0.389. The second kappa shape index (κ2) is 5.02. The van der Waals surface area contributed by atoms with Crippen molar-refractivity contribution < 1.29 is 18.4 Å². The van der Waals surface area contributed by atoms with Gasteiger partial charge < -0.3 is 14.9 Å². The van der Waals surface area contributed by atoms with Gasteiger partial charge in [0.2, 0.25) is 5.69 Å². The number of nitrogens with zero attached hydrogens (tertiary/aromatic N) is 2. The summed E-state index contributed by atoms with van der Waals surface area (Å²) in [7, 11) is 1.17. The molecule has 0 atom stereocenters. The first-order chi connectivity index (χ1) is 7.51. The quantitative estimate of drug-likeness (QED) is 0.469. The van der Waals surface area contributed by atoms with Gasteiger partial charge >= 0.3 is 5.82 Å². The van der Waals surface area contributed by atoms with Crippen molar-refractivity contribution in [1.29, 1.82) is 0 Å². The maximum Gasteiger partial charge on any atom is 0.364 e. The van der Waals surface area contributed by atoms with E-state index < -0.39 is 22.7 Å². The fraction of sp³-hybridized carbons (Fsp3) is 0.375. The van der Waals surface area contributed by atoms with Gasteiger partial charge in [-0.15, -0.1) is 11.6 Å². The van der Waals surface area contributed by atoms with Gasteiger partial charge in [-0.1, -0.05) is 0 Å². The number of nitro groups is 1. The van der Waals surface area contributed by atoms with Gasteiger partial charge in [0.1, 0.15) is 0 Å². The predicted molar refractivity (Wildman–Crippen MR) is 52.0 cm³/mol. The Morgan fingerprint density at radius 2 is 2.31 bits per heavy atom. The normalized spacial score (nSPS) is 10.6. The van der Waals surface area contributed by atoms with Crippen LogP contribution in [-0.2, 0) is 5.88 Å². The molecular weight excluding hydrogens is 246 g/mol. The number of hydrogen-bond donors (Lipinski definition) is 0. The van der Waals surface area contributed by atoms with Crippen molar-refractivity contribution in [1.82, 2.24) is 4.98 Å². The van der Waals surface area contributed by atoms with E-state index in [1.54, 1.807) is 0 Å². The van der Waals surface area contributed by atoms with Crippen LogP contribution in [0.1, 0.15) is 17.7 Å². The first-order valence-corrected chi connectivity index (χ1v) is 4.61. The van der Waals surface area contributed by atoms with Crippen molar-refractivity contribution >= 4 is 17.4 Å². The molecule has 1 heterocycles. The average Bonchev–Trinajstić information content (AvgIpc) is 2.26. The van der Waals surface area contributed by atoms with E-state index in [0.29, 0.717) is 6.07 Å². The molecule has 1 aromatic rings. The lowest BCUT2D eigenvalue weighted by Gasteiger charge is -2.08. The van der Waals surface area contributed by atoms with E-state index in [0.717, 1.165) is 0 Å². The summed E-state index contributed by atoms with van der Waals surface area (Å²) in [5.74, 6) is -1.13. The fourth-order valence-corrected chi connectivity index (χ4v) is 1.36. The van der Waals surface area contributed by atoms with Gasteiger partial charge in [0.15, 0.2) is 5.75 Å². The van der Waals surface area contributed by atoms with Crippen molar-refractivity contribution in [3.05, 3.63) is 27.4 Å². The minimum absolute atomic E-state index is 0.0753. The Bertz CT molecular complexity index is 415. The highest BCUT2D eigenvalue weighted by atomic mass is 35.5. The minimum Gasteiger partial charge on any atom is -0.492 e. The van der Waals surface area contributed by atoms with Crippen LogP contribution in [0.2, 0.25) is 0 Å². The van der Waals surface area contributed by atoms with E-state index in [9.17, 15) is 18.9 Å². The van der Waals surface area contributed by atoms with Crippen LogP contribution in [0.5, 0.6) is 5.75 Å². The summed E-state index contributed by atoms with van der Waals surface area (Å²) >= 11 is 5.45.